The quantitative estimate of drug-likeness (QED) is 0.256. The molecule has 2 aromatic carbocycles. The third-order valence-corrected chi connectivity index (χ3v) is 6.11. The zero-order valence-electron chi connectivity index (χ0n) is 25.2. The van der Waals surface area contributed by atoms with E-state index in [0.717, 1.165) is 27.9 Å². The lowest BCUT2D eigenvalue weighted by atomic mass is 10.0. The van der Waals surface area contributed by atoms with Crippen LogP contribution >= 0.6 is 0 Å². The van der Waals surface area contributed by atoms with Crippen molar-refractivity contribution in [2.75, 3.05) is 13.2 Å². The minimum Gasteiger partial charge on any atom is -0.476 e. The van der Waals surface area contributed by atoms with E-state index >= 15 is 0 Å². The molecule has 1 aromatic heterocycles. The Labute approximate surface area is 237 Å². The van der Waals surface area contributed by atoms with Crippen molar-refractivity contribution < 1.29 is 28.2 Å². The summed E-state index contributed by atoms with van der Waals surface area (Å²) in [5, 5.41) is 0. The number of ether oxygens (including phenoxy) is 3. The first-order chi connectivity index (χ1) is 18.7. The smallest absolute Gasteiger partial charge is 0.349 e. The predicted octanol–water partition coefficient (Wildman–Crippen LogP) is 6.33. The van der Waals surface area contributed by atoms with Crippen molar-refractivity contribution in [1.82, 2.24) is 9.88 Å². The van der Waals surface area contributed by atoms with Crippen LogP contribution in [0.4, 0.5) is 0 Å². The van der Waals surface area contributed by atoms with Gasteiger partial charge in [0, 0.05) is 18.7 Å². The maximum Gasteiger partial charge on any atom is 0.349 e. The molecular formula is C32H42N2O6. The third-order valence-electron chi connectivity index (χ3n) is 6.11. The van der Waals surface area contributed by atoms with Crippen LogP contribution in [-0.4, -0.2) is 46.2 Å². The highest BCUT2D eigenvalue weighted by Crippen LogP contribution is 2.30. The van der Waals surface area contributed by atoms with Crippen molar-refractivity contribution in [3.8, 4) is 17.2 Å². The molecule has 40 heavy (non-hydrogen) atoms. The number of esters is 2. The third kappa shape index (κ3) is 8.42. The Hall–Kier alpha value is -3.65. The fourth-order valence-electron chi connectivity index (χ4n) is 4.37. The first kappa shape index (κ1) is 30.9. The summed E-state index contributed by atoms with van der Waals surface area (Å²) >= 11 is 0. The summed E-state index contributed by atoms with van der Waals surface area (Å²) in [6.45, 7) is 17.7. The van der Waals surface area contributed by atoms with E-state index < -0.39 is 17.2 Å². The Balaban J connectivity index is 1.87. The highest BCUT2D eigenvalue weighted by molar-refractivity contribution is 5.79. The van der Waals surface area contributed by atoms with Crippen LogP contribution in [0.5, 0.6) is 5.75 Å². The standard InChI is InChI=1S/C32H42N2O6/c1-10-37-30(36)32(8,9)40-28-21(2)16-24(17-22(28)3)18-34(20-27(35)39-31(5,6)7)19-26-23(4)38-29(33-26)25-14-12-11-13-15-25/h11-17H,10,18-20H2,1-9H3. The van der Waals surface area contributed by atoms with E-state index in [-0.39, 0.29) is 19.1 Å². The zero-order chi connectivity index (χ0) is 29.7. The van der Waals surface area contributed by atoms with Gasteiger partial charge in [0.05, 0.1) is 18.8 Å². The van der Waals surface area contributed by atoms with Crippen molar-refractivity contribution in [2.45, 2.75) is 86.6 Å². The van der Waals surface area contributed by atoms with Gasteiger partial charge in [-0.25, -0.2) is 9.78 Å². The van der Waals surface area contributed by atoms with Crippen LogP contribution in [0.2, 0.25) is 0 Å². The molecule has 0 aliphatic carbocycles. The molecule has 1 heterocycles. The number of hydrogen-bond donors (Lipinski definition) is 0. The Morgan fingerprint density at radius 3 is 2.15 bits per heavy atom. The van der Waals surface area contributed by atoms with Crippen LogP contribution in [0.3, 0.4) is 0 Å². The van der Waals surface area contributed by atoms with Gasteiger partial charge in [-0.15, -0.1) is 0 Å². The minimum atomic E-state index is -1.13. The largest absolute Gasteiger partial charge is 0.476 e. The molecule has 0 radical (unpaired) electrons. The normalized spacial score (nSPS) is 11.9. The van der Waals surface area contributed by atoms with E-state index in [1.165, 1.54) is 0 Å². The maximum absolute atomic E-state index is 12.9. The summed E-state index contributed by atoms with van der Waals surface area (Å²) in [6.07, 6.45) is 0. The van der Waals surface area contributed by atoms with Gasteiger partial charge >= 0.3 is 11.9 Å². The number of oxazole rings is 1. The Bertz CT molecular complexity index is 1300. The average Bonchev–Trinajstić information content (AvgIpc) is 3.21. The van der Waals surface area contributed by atoms with Gasteiger partial charge in [0.15, 0.2) is 5.60 Å². The molecule has 0 unspecified atom stereocenters. The molecular weight excluding hydrogens is 508 g/mol. The maximum atomic E-state index is 12.9. The molecule has 3 rings (SSSR count). The second-order valence-electron chi connectivity index (χ2n) is 11.5. The summed E-state index contributed by atoms with van der Waals surface area (Å²) in [5.74, 6) is 1.15. The molecule has 0 saturated heterocycles. The van der Waals surface area contributed by atoms with E-state index in [0.29, 0.717) is 30.5 Å². The van der Waals surface area contributed by atoms with Gasteiger partial charge < -0.3 is 18.6 Å². The van der Waals surface area contributed by atoms with Crippen molar-refractivity contribution >= 4 is 11.9 Å². The SMILES string of the molecule is CCOC(=O)C(C)(C)Oc1c(C)cc(CN(CC(=O)OC(C)(C)C)Cc2nc(-c3ccccc3)oc2C)cc1C. The Kier molecular flexibility index (Phi) is 9.79. The number of rotatable bonds is 11. The molecule has 0 amide bonds. The molecule has 0 bridgehead atoms. The van der Waals surface area contributed by atoms with Crippen LogP contribution in [-0.2, 0) is 32.2 Å². The molecule has 216 valence electrons. The highest BCUT2D eigenvalue weighted by atomic mass is 16.6. The number of carbonyl (C=O) groups is 2. The van der Waals surface area contributed by atoms with Crippen molar-refractivity contribution in [3.63, 3.8) is 0 Å². The fraction of sp³-hybridized carbons (Fsp3) is 0.469. The lowest BCUT2D eigenvalue weighted by Crippen LogP contribution is -2.40. The molecule has 0 saturated carbocycles. The Morgan fingerprint density at radius 2 is 1.57 bits per heavy atom. The summed E-state index contributed by atoms with van der Waals surface area (Å²) in [7, 11) is 0. The van der Waals surface area contributed by atoms with Gasteiger partial charge in [-0.05, 0) is 91.1 Å². The molecule has 0 fully saturated rings. The topological polar surface area (TPSA) is 91.1 Å². The molecule has 0 aliphatic heterocycles. The molecule has 8 heteroatoms. The summed E-state index contributed by atoms with van der Waals surface area (Å²) in [6, 6.07) is 13.7. The van der Waals surface area contributed by atoms with Crippen LogP contribution in [0.15, 0.2) is 46.9 Å². The zero-order valence-corrected chi connectivity index (χ0v) is 25.2. The molecule has 0 atom stereocenters. The van der Waals surface area contributed by atoms with Gasteiger partial charge in [-0.3, -0.25) is 9.69 Å². The van der Waals surface area contributed by atoms with Crippen molar-refractivity contribution in [3.05, 3.63) is 70.6 Å². The van der Waals surface area contributed by atoms with Gasteiger partial charge in [0.1, 0.15) is 17.1 Å². The average molecular weight is 551 g/mol. The van der Waals surface area contributed by atoms with Crippen molar-refractivity contribution in [2.24, 2.45) is 0 Å². The highest BCUT2D eigenvalue weighted by Gasteiger charge is 2.33. The van der Waals surface area contributed by atoms with Gasteiger partial charge in [-0.2, -0.15) is 0 Å². The summed E-state index contributed by atoms with van der Waals surface area (Å²) in [5.41, 5.74) is 2.68. The van der Waals surface area contributed by atoms with E-state index in [4.69, 9.17) is 23.6 Å². The second-order valence-corrected chi connectivity index (χ2v) is 11.5. The minimum absolute atomic E-state index is 0.0798. The monoisotopic (exact) mass is 550 g/mol. The van der Waals surface area contributed by atoms with E-state index in [1.54, 1.807) is 20.8 Å². The molecule has 0 aliphatic rings. The predicted molar refractivity (Wildman–Crippen MR) is 154 cm³/mol. The first-order valence-corrected chi connectivity index (χ1v) is 13.6. The van der Waals surface area contributed by atoms with E-state index in [1.807, 2.05) is 88.9 Å². The molecule has 0 N–H and O–H groups in total. The van der Waals surface area contributed by atoms with Crippen LogP contribution in [0, 0.1) is 20.8 Å². The van der Waals surface area contributed by atoms with Crippen LogP contribution in [0.1, 0.15) is 69.7 Å². The van der Waals surface area contributed by atoms with Crippen LogP contribution in [0.25, 0.3) is 11.5 Å². The number of hydrogen-bond acceptors (Lipinski definition) is 8. The number of aryl methyl sites for hydroxylation is 3. The Morgan fingerprint density at radius 1 is 0.950 bits per heavy atom. The second kappa shape index (κ2) is 12.7. The summed E-state index contributed by atoms with van der Waals surface area (Å²) in [4.78, 5) is 32.0. The van der Waals surface area contributed by atoms with Crippen molar-refractivity contribution in [1.29, 1.82) is 0 Å². The number of benzene rings is 2. The first-order valence-electron chi connectivity index (χ1n) is 13.6. The molecule has 3 aromatic rings. The van der Waals surface area contributed by atoms with E-state index in [9.17, 15) is 9.59 Å². The van der Waals surface area contributed by atoms with E-state index in [2.05, 4.69) is 0 Å². The van der Waals surface area contributed by atoms with Crippen LogP contribution < -0.4 is 4.74 Å². The van der Waals surface area contributed by atoms with Gasteiger partial charge in [-0.1, -0.05) is 30.3 Å². The summed E-state index contributed by atoms with van der Waals surface area (Å²) < 4.78 is 22.9. The van der Waals surface area contributed by atoms with Gasteiger partial charge in [0.2, 0.25) is 5.89 Å². The fourth-order valence-corrected chi connectivity index (χ4v) is 4.37. The van der Waals surface area contributed by atoms with Gasteiger partial charge in [0.25, 0.3) is 0 Å². The number of nitrogens with zero attached hydrogens (tertiary/aromatic N) is 2. The lowest BCUT2D eigenvalue weighted by Gasteiger charge is -2.27. The molecule has 0 spiro atoms. The number of aromatic nitrogens is 1. The lowest BCUT2D eigenvalue weighted by molar-refractivity contribution is -0.159. The molecule has 8 nitrogen and oxygen atoms in total. The number of carbonyl (C=O) groups excluding carboxylic acids is 2.